The van der Waals surface area contributed by atoms with E-state index in [4.69, 9.17) is 23.2 Å². The predicted octanol–water partition coefficient (Wildman–Crippen LogP) is 5.43. The van der Waals surface area contributed by atoms with Crippen LogP contribution in [0.4, 0.5) is 0 Å². The zero-order valence-corrected chi connectivity index (χ0v) is 25.9. The van der Waals surface area contributed by atoms with Gasteiger partial charge in [-0.3, -0.25) is 13.9 Å². The van der Waals surface area contributed by atoms with Crippen LogP contribution in [-0.2, 0) is 31.4 Å². The van der Waals surface area contributed by atoms with Crippen LogP contribution in [0.3, 0.4) is 0 Å². The summed E-state index contributed by atoms with van der Waals surface area (Å²) in [7, 11) is -1.71. The van der Waals surface area contributed by atoms with Crippen molar-refractivity contribution in [1.29, 1.82) is 0 Å². The van der Waals surface area contributed by atoms with Crippen molar-refractivity contribution in [2.75, 3.05) is 33.1 Å². The molecule has 1 saturated heterocycles. The molecule has 0 bridgehead atoms. The number of hydrogen-bond donors (Lipinski definition) is 0. The van der Waals surface area contributed by atoms with E-state index in [2.05, 4.69) is 4.98 Å². The molecule has 1 fully saturated rings. The molecule has 42 heavy (non-hydrogen) atoms. The van der Waals surface area contributed by atoms with Crippen LogP contribution in [0, 0.1) is 6.92 Å². The summed E-state index contributed by atoms with van der Waals surface area (Å²) in [4.78, 5) is 33.6. The second kappa shape index (κ2) is 13.1. The van der Waals surface area contributed by atoms with Gasteiger partial charge in [-0.1, -0.05) is 25.1 Å². The van der Waals surface area contributed by atoms with Crippen LogP contribution < -0.4 is 16.0 Å². The molecule has 5 rings (SSSR count). The summed E-state index contributed by atoms with van der Waals surface area (Å²) in [5, 5.41) is 0.344. The van der Waals surface area contributed by atoms with E-state index < -0.39 is 24.7 Å². The van der Waals surface area contributed by atoms with Crippen LogP contribution in [0.15, 0.2) is 50.7 Å². The van der Waals surface area contributed by atoms with Gasteiger partial charge in [-0.25, -0.2) is 14.3 Å². The highest BCUT2D eigenvalue weighted by Gasteiger charge is 2.30. The van der Waals surface area contributed by atoms with Gasteiger partial charge in [0.05, 0.1) is 42.8 Å². The largest absolute Gasteiger partial charge is 0.496 e. The molecule has 0 radical (unpaired) electrons. The van der Waals surface area contributed by atoms with Gasteiger partial charge in [0.1, 0.15) is 29.2 Å². The van der Waals surface area contributed by atoms with Gasteiger partial charge in [0.25, 0.3) is 5.56 Å². The summed E-state index contributed by atoms with van der Waals surface area (Å²) >= 11 is 1.26. The summed E-state index contributed by atoms with van der Waals surface area (Å²) in [6.45, 7) is 6.74. The number of thiophene rings is 1. The summed E-state index contributed by atoms with van der Waals surface area (Å²) in [6, 6.07) is 7.54. The Labute approximate surface area is 247 Å². The number of fused-ring (bicyclic) bond motifs is 1. The van der Waals surface area contributed by atoms with Gasteiger partial charge in [-0.2, -0.15) is 0 Å². The number of aromatic nitrogens is 3. The molecule has 0 spiro atoms. The van der Waals surface area contributed by atoms with E-state index in [1.54, 1.807) is 32.4 Å². The van der Waals surface area contributed by atoms with E-state index in [1.165, 1.54) is 23.8 Å². The number of oxazole rings is 1. The summed E-state index contributed by atoms with van der Waals surface area (Å²) < 4.78 is 45.2. The van der Waals surface area contributed by atoms with Gasteiger partial charge in [0.2, 0.25) is 13.3 Å². The zero-order valence-electron chi connectivity index (χ0n) is 24.2. The third-order valence-corrected chi connectivity index (χ3v) is 11.2. The molecule has 0 saturated carbocycles. The maximum Gasteiger partial charge on any atom is 0.332 e. The molecule has 13 heteroatoms. The number of methoxy groups -OCH3 is 1. The molecule has 1 unspecified atom stereocenters. The molecule has 3 aromatic heterocycles. The Morgan fingerprint density at radius 1 is 1.17 bits per heavy atom. The maximum absolute atomic E-state index is 14.2. The molecule has 1 aliphatic rings. The van der Waals surface area contributed by atoms with E-state index >= 15 is 0 Å². The Bertz CT molecular complexity index is 1690. The van der Waals surface area contributed by atoms with E-state index in [0.717, 1.165) is 23.0 Å². The quantitative estimate of drug-likeness (QED) is 0.192. The fourth-order valence-electron chi connectivity index (χ4n) is 5.26. The maximum atomic E-state index is 14.2. The van der Waals surface area contributed by atoms with Crippen molar-refractivity contribution in [1.82, 2.24) is 14.1 Å². The minimum absolute atomic E-state index is 0.0861. The molecule has 11 nitrogen and oxygen atoms in total. The minimum Gasteiger partial charge on any atom is -0.496 e. The molecule has 1 aliphatic heterocycles. The number of nitrogens with zero attached hydrogens (tertiary/aromatic N) is 3. The Kier molecular flexibility index (Phi) is 9.49. The van der Waals surface area contributed by atoms with Gasteiger partial charge >= 0.3 is 5.69 Å². The molecule has 0 N–H and O–H groups in total. The highest BCUT2D eigenvalue weighted by molar-refractivity contribution is 7.57. The summed E-state index contributed by atoms with van der Waals surface area (Å²) in [6.07, 6.45) is 3.62. The lowest BCUT2D eigenvalue weighted by Gasteiger charge is -2.29. The second-order valence-corrected chi connectivity index (χ2v) is 13.9. The smallest absolute Gasteiger partial charge is 0.332 e. The lowest BCUT2D eigenvalue weighted by atomic mass is 10.1. The van der Waals surface area contributed by atoms with Crippen molar-refractivity contribution in [2.24, 2.45) is 0 Å². The van der Waals surface area contributed by atoms with E-state index in [9.17, 15) is 14.2 Å². The number of benzene rings is 1. The van der Waals surface area contributed by atoms with Crippen LogP contribution in [0.1, 0.15) is 43.9 Å². The van der Waals surface area contributed by atoms with Gasteiger partial charge in [0.15, 0.2) is 0 Å². The number of ether oxygens (including phenoxy) is 3. The van der Waals surface area contributed by atoms with Crippen molar-refractivity contribution in [3.63, 3.8) is 0 Å². The van der Waals surface area contributed by atoms with Crippen molar-refractivity contribution in [2.45, 2.75) is 58.7 Å². The number of aryl methyl sites for hydroxylation is 1. The number of hydrogen-bond acceptors (Lipinski definition) is 10. The first-order valence-electron chi connectivity index (χ1n) is 14.1. The minimum atomic E-state index is -3.31. The molecule has 2 atom stereocenters. The standard InChI is InChI=1S/C29H36N3O8PS/c1-5-39-41(35,6-2)18-32-27(33)24-19(3)25(26-30-13-16-38-26)42-28(24)31(29(32)34)17-23(40-20-11-14-37-15-12-20)21-9-7-8-10-22(21)36-4/h7-10,13,16,20,23H,5-6,11-12,14-15,17-18H2,1-4H3/t23-,41?/m0/s1. The Morgan fingerprint density at radius 2 is 1.93 bits per heavy atom. The summed E-state index contributed by atoms with van der Waals surface area (Å²) in [5.74, 6) is 0.980. The lowest BCUT2D eigenvalue weighted by Crippen LogP contribution is -2.41. The summed E-state index contributed by atoms with van der Waals surface area (Å²) in [5.41, 5.74) is 0.299. The molecule has 0 aliphatic carbocycles. The fourth-order valence-corrected chi connectivity index (χ4v) is 8.12. The topological polar surface area (TPSA) is 124 Å². The lowest BCUT2D eigenvalue weighted by molar-refractivity contribution is -0.0753. The fraction of sp³-hybridized carbons (Fsp3) is 0.483. The Balaban J connectivity index is 1.72. The van der Waals surface area contributed by atoms with Crippen LogP contribution in [-0.4, -0.2) is 53.3 Å². The third kappa shape index (κ3) is 6.05. The second-order valence-electron chi connectivity index (χ2n) is 10.1. The average molecular weight is 618 g/mol. The first kappa shape index (κ1) is 30.4. The van der Waals surface area contributed by atoms with Crippen LogP contribution in [0.5, 0.6) is 5.75 Å². The molecule has 0 amide bonds. The van der Waals surface area contributed by atoms with Gasteiger partial charge in [-0.15, -0.1) is 11.3 Å². The first-order valence-corrected chi connectivity index (χ1v) is 16.9. The van der Waals surface area contributed by atoms with Gasteiger partial charge in [-0.05, 0) is 38.3 Å². The van der Waals surface area contributed by atoms with Crippen molar-refractivity contribution >= 4 is 28.9 Å². The van der Waals surface area contributed by atoms with Crippen molar-refractivity contribution in [3.05, 3.63) is 68.7 Å². The van der Waals surface area contributed by atoms with Crippen molar-refractivity contribution in [3.8, 4) is 16.5 Å². The molecule has 4 heterocycles. The van der Waals surface area contributed by atoms with Gasteiger partial charge in [0, 0.05) is 24.9 Å². The SMILES string of the molecule is CCOP(=O)(CC)Cn1c(=O)c2c(C)c(-c3ncco3)sc2n(C[C@H](OC2CCOCC2)c2ccccc2OC)c1=O. The third-order valence-electron chi connectivity index (χ3n) is 7.48. The monoisotopic (exact) mass is 617 g/mol. The first-order chi connectivity index (χ1) is 20.3. The molecular formula is C29H36N3O8PS. The van der Waals surface area contributed by atoms with Crippen LogP contribution >= 0.6 is 18.7 Å². The van der Waals surface area contributed by atoms with Crippen LogP contribution in [0.2, 0.25) is 0 Å². The van der Waals surface area contributed by atoms with E-state index in [1.807, 2.05) is 24.3 Å². The van der Waals surface area contributed by atoms with Crippen molar-refractivity contribution < 1.29 is 27.7 Å². The number of rotatable bonds is 12. The highest BCUT2D eigenvalue weighted by Crippen LogP contribution is 2.47. The normalized spacial score (nSPS) is 16.5. The molecule has 4 aromatic rings. The molecule has 226 valence electrons. The molecular weight excluding hydrogens is 581 g/mol. The van der Waals surface area contributed by atoms with Gasteiger partial charge < -0.3 is 23.2 Å². The molecule has 1 aromatic carbocycles. The van der Waals surface area contributed by atoms with E-state index in [-0.39, 0.29) is 31.7 Å². The Morgan fingerprint density at radius 3 is 2.60 bits per heavy atom. The zero-order chi connectivity index (χ0) is 29.9. The van der Waals surface area contributed by atoms with Crippen LogP contribution in [0.25, 0.3) is 21.0 Å². The van der Waals surface area contributed by atoms with E-state index in [0.29, 0.717) is 45.5 Å². The Hall–Kier alpha value is -3.02. The predicted molar refractivity (Wildman–Crippen MR) is 161 cm³/mol. The number of para-hydroxylation sites is 1. The highest BCUT2D eigenvalue weighted by atomic mass is 32.1. The average Bonchev–Trinajstić information content (AvgIpc) is 3.66.